The first-order valence-corrected chi connectivity index (χ1v) is 14.1. The van der Waals surface area contributed by atoms with Gasteiger partial charge >= 0.3 is 0 Å². The van der Waals surface area contributed by atoms with Gasteiger partial charge in [0.1, 0.15) is 12.4 Å². The lowest BCUT2D eigenvalue weighted by molar-refractivity contribution is -0.122. The van der Waals surface area contributed by atoms with E-state index in [2.05, 4.69) is 40.5 Å². The molecule has 2 saturated heterocycles. The fourth-order valence-electron chi connectivity index (χ4n) is 5.46. The quantitative estimate of drug-likeness (QED) is 0.340. The number of nitrogens with zero attached hydrogens (tertiary/aromatic N) is 1. The molecule has 0 saturated carbocycles. The minimum Gasteiger partial charge on any atom is -0.489 e. The third-order valence-corrected chi connectivity index (χ3v) is 7.53. The zero-order valence-electron chi connectivity index (χ0n) is 21.8. The molecule has 2 fully saturated rings. The van der Waals surface area contributed by atoms with Crippen molar-refractivity contribution < 1.29 is 14.3 Å². The van der Waals surface area contributed by atoms with Gasteiger partial charge in [-0.2, -0.15) is 0 Å². The SMILES string of the molecule is O=C(CCCCCC1CCOCC1)N[C@@H](Cc1cccc(OCc2ccccc2)c1)CN1CCCC1. The number of rotatable bonds is 14. The van der Waals surface area contributed by atoms with Crippen LogP contribution in [0.1, 0.15) is 68.9 Å². The number of ether oxygens (including phenoxy) is 2. The van der Waals surface area contributed by atoms with Gasteiger partial charge in [0.2, 0.25) is 5.91 Å². The highest BCUT2D eigenvalue weighted by Gasteiger charge is 2.20. The van der Waals surface area contributed by atoms with Gasteiger partial charge in [-0.25, -0.2) is 0 Å². The standard InChI is InChI=1S/C31H44N2O3/c34-31(15-6-2-3-10-26-16-20-35-21-17-26)32-29(24-33-18-7-8-19-33)22-28-13-9-14-30(23-28)36-25-27-11-4-1-5-12-27/h1,4-5,9,11-14,23,26,29H,2-3,6-8,10,15-22,24-25H2,(H,32,34)/t29-/m0/s1. The first kappa shape index (κ1) is 26.7. The number of carbonyl (C=O) groups is 1. The van der Waals surface area contributed by atoms with Gasteiger partial charge in [-0.15, -0.1) is 0 Å². The van der Waals surface area contributed by atoms with E-state index >= 15 is 0 Å². The molecular formula is C31H44N2O3. The zero-order valence-corrected chi connectivity index (χ0v) is 21.8. The topological polar surface area (TPSA) is 50.8 Å². The molecule has 0 unspecified atom stereocenters. The Morgan fingerprint density at radius 3 is 2.56 bits per heavy atom. The number of hydrogen-bond donors (Lipinski definition) is 1. The van der Waals surface area contributed by atoms with Crippen molar-refractivity contribution in [3.8, 4) is 5.75 Å². The second kappa shape index (κ2) is 15.0. The first-order valence-electron chi connectivity index (χ1n) is 14.1. The van der Waals surface area contributed by atoms with Crippen LogP contribution in [0.2, 0.25) is 0 Å². The Hall–Kier alpha value is -2.37. The monoisotopic (exact) mass is 492 g/mol. The van der Waals surface area contributed by atoms with Gasteiger partial charge in [0, 0.05) is 32.2 Å². The molecule has 2 aromatic rings. The van der Waals surface area contributed by atoms with Crippen molar-refractivity contribution in [1.82, 2.24) is 10.2 Å². The number of amides is 1. The predicted octanol–water partition coefficient (Wildman–Crippen LogP) is 5.77. The van der Waals surface area contributed by atoms with E-state index in [4.69, 9.17) is 9.47 Å². The van der Waals surface area contributed by atoms with Crippen molar-refractivity contribution in [3.05, 3.63) is 65.7 Å². The average Bonchev–Trinajstić information content (AvgIpc) is 3.42. The highest BCUT2D eigenvalue weighted by molar-refractivity contribution is 5.76. The molecule has 1 amide bonds. The van der Waals surface area contributed by atoms with Crippen molar-refractivity contribution in [2.45, 2.75) is 76.9 Å². The van der Waals surface area contributed by atoms with E-state index in [-0.39, 0.29) is 11.9 Å². The molecule has 0 spiro atoms. The summed E-state index contributed by atoms with van der Waals surface area (Å²) in [5, 5.41) is 3.37. The van der Waals surface area contributed by atoms with E-state index in [9.17, 15) is 4.79 Å². The van der Waals surface area contributed by atoms with Crippen LogP contribution in [-0.4, -0.2) is 49.7 Å². The van der Waals surface area contributed by atoms with Crippen LogP contribution in [0.5, 0.6) is 5.75 Å². The van der Waals surface area contributed by atoms with E-state index in [1.165, 1.54) is 44.1 Å². The lowest BCUT2D eigenvalue weighted by Gasteiger charge is -2.25. The van der Waals surface area contributed by atoms with Crippen molar-refractivity contribution in [3.63, 3.8) is 0 Å². The number of nitrogens with one attached hydrogen (secondary N) is 1. The molecule has 36 heavy (non-hydrogen) atoms. The van der Waals surface area contributed by atoms with Crippen molar-refractivity contribution >= 4 is 5.91 Å². The number of unbranched alkanes of at least 4 members (excludes halogenated alkanes) is 2. The molecule has 196 valence electrons. The summed E-state index contributed by atoms with van der Waals surface area (Å²) >= 11 is 0. The highest BCUT2D eigenvalue weighted by atomic mass is 16.5. The Morgan fingerprint density at radius 1 is 0.972 bits per heavy atom. The van der Waals surface area contributed by atoms with Crippen molar-refractivity contribution in [1.29, 1.82) is 0 Å². The van der Waals surface area contributed by atoms with Gasteiger partial charge in [-0.3, -0.25) is 4.79 Å². The lowest BCUT2D eigenvalue weighted by atomic mass is 9.93. The zero-order chi connectivity index (χ0) is 24.8. The number of hydrogen-bond acceptors (Lipinski definition) is 4. The summed E-state index contributed by atoms with van der Waals surface area (Å²) in [5.41, 5.74) is 2.37. The van der Waals surface area contributed by atoms with Crippen LogP contribution in [0, 0.1) is 5.92 Å². The van der Waals surface area contributed by atoms with Crippen molar-refractivity contribution in [2.75, 3.05) is 32.8 Å². The fourth-order valence-corrected chi connectivity index (χ4v) is 5.46. The van der Waals surface area contributed by atoms with E-state index in [1.54, 1.807) is 0 Å². The fraction of sp³-hybridized carbons (Fsp3) is 0.581. The summed E-state index contributed by atoms with van der Waals surface area (Å²) in [6.07, 6.45) is 11.0. The molecular weight excluding hydrogens is 448 g/mol. The number of benzene rings is 2. The Kier molecular flexibility index (Phi) is 11.1. The third-order valence-electron chi connectivity index (χ3n) is 7.53. The molecule has 0 aromatic heterocycles. The van der Waals surface area contributed by atoms with Gasteiger partial charge in [-0.05, 0) is 80.8 Å². The third kappa shape index (κ3) is 9.59. The summed E-state index contributed by atoms with van der Waals surface area (Å²) in [6, 6.07) is 18.7. The van der Waals surface area contributed by atoms with Gasteiger partial charge in [0.25, 0.3) is 0 Å². The van der Waals surface area contributed by atoms with Crippen LogP contribution in [-0.2, 0) is 22.6 Å². The summed E-state index contributed by atoms with van der Waals surface area (Å²) in [4.78, 5) is 15.3. The number of carbonyl (C=O) groups excluding carboxylic acids is 1. The van der Waals surface area contributed by atoms with Crippen LogP contribution in [0.15, 0.2) is 54.6 Å². The van der Waals surface area contributed by atoms with Gasteiger partial charge in [-0.1, -0.05) is 61.7 Å². The molecule has 0 aliphatic carbocycles. The molecule has 5 nitrogen and oxygen atoms in total. The lowest BCUT2D eigenvalue weighted by Crippen LogP contribution is -2.44. The molecule has 1 N–H and O–H groups in total. The molecule has 2 aliphatic heterocycles. The average molecular weight is 493 g/mol. The van der Waals surface area contributed by atoms with Crippen LogP contribution in [0.25, 0.3) is 0 Å². The second-order valence-electron chi connectivity index (χ2n) is 10.6. The van der Waals surface area contributed by atoms with Gasteiger partial charge in [0.05, 0.1) is 0 Å². The number of likely N-dealkylation sites (tertiary alicyclic amines) is 1. The normalized spacial score (nSPS) is 17.7. The highest BCUT2D eigenvalue weighted by Crippen LogP contribution is 2.22. The Balaban J connectivity index is 1.23. The van der Waals surface area contributed by atoms with Crippen molar-refractivity contribution in [2.24, 2.45) is 5.92 Å². The van der Waals surface area contributed by atoms with E-state index in [0.717, 1.165) is 69.3 Å². The molecule has 4 rings (SSSR count). The Labute approximate surface area is 217 Å². The van der Waals surface area contributed by atoms with Gasteiger partial charge < -0.3 is 19.7 Å². The largest absolute Gasteiger partial charge is 0.489 e. The van der Waals surface area contributed by atoms with Crippen LogP contribution < -0.4 is 10.1 Å². The smallest absolute Gasteiger partial charge is 0.220 e. The predicted molar refractivity (Wildman–Crippen MR) is 145 cm³/mol. The molecule has 2 aromatic carbocycles. The second-order valence-corrected chi connectivity index (χ2v) is 10.6. The maximum Gasteiger partial charge on any atom is 0.220 e. The van der Waals surface area contributed by atoms with E-state index in [1.807, 2.05) is 24.3 Å². The summed E-state index contributed by atoms with van der Waals surface area (Å²) < 4.78 is 11.5. The molecule has 2 heterocycles. The minimum atomic E-state index is 0.127. The first-order chi connectivity index (χ1) is 17.7. The van der Waals surface area contributed by atoms with E-state index < -0.39 is 0 Å². The van der Waals surface area contributed by atoms with Crippen LogP contribution in [0.4, 0.5) is 0 Å². The Bertz CT molecular complexity index is 892. The maximum absolute atomic E-state index is 12.8. The molecule has 0 bridgehead atoms. The molecule has 1 atom stereocenters. The molecule has 5 heteroatoms. The maximum atomic E-state index is 12.8. The van der Waals surface area contributed by atoms with Crippen LogP contribution >= 0.6 is 0 Å². The van der Waals surface area contributed by atoms with Gasteiger partial charge in [0.15, 0.2) is 0 Å². The minimum absolute atomic E-state index is 0.127. The summed E-state index contributed by atoms with van der Waals surface area (Å²) in [7, 11) is 0. The van der Waals surface area contributed by atoms with E-state index in [0.29, 0.717) is 13.0 Å². The molecule has 0 radical (unpaired) electrons. The summed E-state index contributed by atoms with van der Waals surface area (Å²) in [5.74, 6) is 1.90. The molecule has 2 aliphatic rings. The van der Waals surface area contributed by atoms with Crippen LogP contribution in [0.3, 0.4) is 0 Å². The Morgan fingerprint density at radius 2 is 1.75 bits per heavy atom. The summed E-state index contributed by atoms with van der Waals surface area (Å²) in [6.45, 7) is 5.61.